The molecule has 0 saturated carbocycles. The molecule has 86 valence electrons. The van der Waals surface area contributed by atoms with Crippen molar-refractivity contribution >= 4 is 10.9 Å². The monoisotopic (exact) mass is 220 g/mol. The van der Waals surface area contributed by atoms with E-state index in [9.17, 15) is 4.39 Å². The molecule has 0 saturated heterocycles. The van der Waals surface area contributed by atoms with E-state index >= 15 is 0 Å². The standard InChI is InChI=1S/C13H17FN2/c1-9-10-5-4-6-11(14)13(10)16(3)12(9)7-8-15-2/h4-6,15H,7-8H2,1-3H3. The second kappa shape index (κ2) is 4.26. The van der Waals surface area contributed by atoms with E-state index < -0.39 is 0 Å². The van der Waals surface area contributed by atoms with Crippen LogP contribution in [0.3, 0.4) is 0 Å². The molecule has 0 aliphatic rings. The molecule has 1 N–H and O–H groups in total. The zero-order valence-corrected chi connectivity index (χ0v) is 9.97. The summed E-state index contributed by atoms with van der Waals surface area (Å²) in [6.07, 6.45) is 0.924. The average Bonchev–Trinajstić information content (AvgIpc) is 2.51. The number of benzene rings is 1. The minimum atomic E-state index is -0.140. The van der Waals surface area contributed by atoms with E-state index in [-0.39, 0.29) is 5.82 Å². The molecule has 2 aromatic rings. The van der Waals surface area contributed by atoms with Crippen LogP contribution in [0.1, 0.15) is 11.3 Å². The first kappa shape index (κ1) is 11.1. The fraction of sp³-hybridized carbons (Fsp3) is 0.385. The molecule has 0 bridgehead atoms. The van der Waals surface area contributed by atoms with Gasteiger partial charge in [0.25, 0.3) is 0 Å². The summed E-state index contributed by atoms with van der Waals surface area (Å²) in [5.74, 6) is -0.140. The van der Waals surface area contributed by atoms with Crippen LogP contribution >= 0.6 is 0 Å². The molecule has 16 heavy (non-hydrogen) atoms. The highest BCUT2D eigenvalue weighted by Crippen LogP contribution is 2.26. The van der Waals surface area contributed by atoms with E-state index in [0.717, 1.165) is 18.4 Å². The Morgan fingerprint density at radius 2 is 2.12 bits per heavy atom. The molecule has 0 atom stereocenters. The Kier molecular flexibility index (Phi) is 2.97. The zero-order valence-electron chi connectivity index (χ0n) is 9.97. The fourth-order valence-electron chi connectivity index (χ4n) is 2.30. The van der Waals surface area contributed by atoms with Crippen molar-refractivity contribution in [2.75, 3.05) is 13.6 Å². The van der Waals surface area contributed by atoms with Crippen LogP contribution in [-0.4, -0.2) is 18.2 Å². The molecule has 0 aliphatic carbocycles. The molecule has 0 amide bonds. The van der Waals surface area contributed by atoms with Crippen molar-refractivity contribution in [1.29, 1.82) is 0 Å². The number of rotatable bonds is 3. The van der Waals surface area contributed by atoms with Gasteiger partial charge in [0.15, 0.2) is 0 Å². The van der Waals surface area contributed by atoms with Crippen LogP contribution in [-0.2, 0) is 13.5 Å². The molecule has 2 rings (SSSR count). The van der Waals surface area contributed by atoms with Crippen LogP contribution in [0.2, 0.25) is 0 Å². The Labute approximate surface area is 95.1 Å². The predicted octanol–water partition coefficient (Wildman–Crippen LogP) is 2.39. The number of nitrogens with zero attached hydrogens (tertiary/aromatic N) is 1. The van der Waals surface area contributed by atoms with Gasteiger partial charge in [-0.15, -0.1) is 0 Å². The molecule has 1 aromatic heterocycles. The lowest BCUT2D eigenvalue weighted by Gasteiger charge is -2.05. The maximum atomic E-state index is 13.7. The van der Waals surface area contributed by atoms with Gasteiger partial charge in [-0.1, -0.05) is 12.1 Å². The summed E-state index contributed by atoms with van der Waals surface area (Å²) < 4.78 is 15.7. The third-order valence-corrected chi connectivity index (χ3v) is 3.18. The Morgan fingerprint density at radius 1 is 1.38 bits per heavy atom. The number of nitrogens with one attached hydrogen (secondary N) is 1. The highest BCUT2D eigenvalue weighted by molar-refractivity contribution is 5.85. The number of para-hydroxylation sites is 1. The molecule has 1 aromatic carbocycles. The van der Waals surface area contributed by atoms with E-state index in [2.05, 4.69) is 12.2 Å². The van der Waals surface area contributed by atoms with Crippen LogP contribution in [0.25, 0.3) is 10.9 Å². The first-order valence-electron chi connectivity index (χ1n) is 5.53. The summed E-state index contributed by atoms with van der Waals surface area (Å²) in [5.41, 5.74) is 3.10. The minimum Gasteiger partial charge on any atom is -0.345 e. The van der Waals surface area contributed by atoms with Crippen LogP contribution in [0, 0.1) is 12.7 Å². The molecule has 0 fully saturated rings. The topological polar surface area (TPSA) is 17.0 Å². The number of aryl methyl sites for hydroxylation is 2. The van der Waals surface area contributed by atoms with Crippen molar-refractivity contribution in [2.24, 2.45) is 7.05 Å². The molecule has 0 unspecified atom stereocenters. The normalized spacial score (nSPS) is 11.2. The van der Waals surface area contributed by atoms with Crippen LogP contribution in [0.15, 0.2) is 18.2 Å². The quantitative estimate of drug-likeness (QED) is 0.840. The van der Waals surface area contributed by atoms with E-state index in [1.54, 1.807) is 6.07 Å². The van der Waals surface area contributed by atoms with E-state index in [0.29, 0.717) is 5.52 Å². The lowest BCUT2D eigenvalue weighted by Crippen LogP contribution is -2.13. The van der Waals surface area contributed by atoms with Gasteiger partial charge >= 0.3 is 0 Å². The molecule has 3 heteroatoms. The summed E-state index contributed by atoms with van der Waals surface area (Å²) in [7, 11) is 3.86. The van der Waals surface area contributed by atoms with Crippen molar-refractivity contribution in [3.05, 3.63) is 35.3 Å². The van der Waals surface area contributed by atoms with Gasteiger partial charge in [-0.2, -0.15) is 0 Å². The van der Waals surface area contributed by atoms with Crippen LogP contribution < -0.4 is 5.32 Å². The SMILES string of the molecule is CNCCc1c(C)c2cccc(F)c2n1C. The summed E-state index contributed by atoms with van der Waals surface area (Å²) in [5, 5.41) is 4.14. The smallest absolute Gasteiger partial charge is 0.147 e. The van der Waals surface area contributed by atoms with Crippen molar-refractivity contribution in [1.82, 2.24) is 9.88 Å². The second-order valence-corrected chi connectivity index (χ2v) is 4.12. The largest absolute Gasteiger partial charge is 0.345 e. The lowest BCUT2D eigenvalue weighted by atomic mass is 10.1. The molecule has 2 nitrogen and oxygen atoms in total. The van der Waals surface area contributed by atoms with Crippen molar-refractivity contribution < 1.29 is 4.39 Å². The highest BCUT2D eigenvalue weighted by atomic mass is 19.1. The molecule has 0 aliphatic heterocycles. The fourth-order valence-corrected chi connectivity index (χ4v) is 2.30. The molecular weight excluding hydrogens is 203 g/mol. The maximum Gasteiger partial charge on any atom is 0.147 e. The van der Waals surface area contributed by atoms with Gasteiger partial charge < -0.3 is 9.88 Å². The van der Waals surface area contributed by atoms with Crippen LogP contribution in [0.5, 0.6) is 0 Å². The number of aromatic nitrogens is 1. The first-order chi connectivity index (χ1) is 7.66. The van der Waals surface area contributed by atoms with E-state index in [1.807, 2.05) is 24.7 Å². The van der Waals surface area contributed by atoms with Gasteiger partial charge in [0.05, 0.1) is 5.52 Å². The summed E-state index contributed by atoms with van der Waals surface area (Å²) in [4.78, 5) is 0. The molecule has 1 heterocycles. The Balaban J connectivity index is 2.62. The Hall–Kier alpha value is -1.35. The number of likely N-dealkylation sites (N-methyl/N-ethyl adjacent to an activating group) is 1. The summed E-state index contributed by atoms with van der Waals surface area (Å²) in [6, 6.07) is 5.27. The number of halogens is 1. The molecular formula is C13H17FN2. The van der Waals surface area contributed by atoms with Crippen molar-refractivity contribution in [3.8, 4) is 0 Å². The van der Waals surface area contributed by atoms with Gasteiger partial charge in [-0.25, -0.2) is 4.39 Å². The van der Waals surface area contributed by atoms with E-state index in [1.165, 1.54) is 17.3 Å². The lowest BCUT2D eigenvalue weighted by molar-refractivity contribution is 0.629. The highest BCUT2D eigenvalue weighted by Gasteiger charge is 2.13. The van der Waals surface area contributed by atoms with Crippen molar-refractivity contribution in [2.45, 2.75) is 13.3 Å². The molecule has 0 spiro atoms. The number of fused-ring (bicyclic) bond motifs is 1. The third-order valence-electron chi connectivity index (χ3n) is 3.18. The molecule has 0 radical (unpaired) electrons. The number of hydrogen-bond donors (Lipinski definition) is 1. The van der Waals surface area contributed by atoms with Crippen LogP contribution in [0.4, 0.5) is 4.39 Å². The summed E-state index contributed by atoms with van der Waals surface area (Å²) in [6.45, 7) is 2.97. The van der Waals surface area contributed by atoms with Gasteiger partial charge in [0.1, 0.15) is 5.82 Å². The predicted molar refractivity (Wildman–Crippen MR) is 65.2 cm³/mol. The van der Waals surface area contributed by atoms with Gasteiger partial charge in [-0.3, -0.25) is 0 Å². The minimum absolute atomic E-state index is 0.140. The Morgan fingerprint density at radius 3 is 2.75 bits per heavy atom. The van der Waals surface area contributed by atoms with Crippen molar-refractivity contribution in [3.63, 3.8) is 0 Å². The first-order valence-corrected chi connectivity index (χ1v) is 5.53. The van der Waals surface area contributed by atoms with Gasteiger partial charge in [-0.05, 0) is 25.6 Å². The van der Waals surface area contributed by atoms with Gasteiger partial charge in [0, 0.05) is 31.1 Å². The zero-order chi connectivity index (χ0) is 11.7. The second-order valence-electron chi connectivity index (χ2n) is 4.12. The third kappa shape index (κ3) is 1.61. The average molecular weight is 220 g/mol. The summed E-state index contributed by atoms with van der Waals surface area (Å²) >= 11 is 0. The van der Waals surface area contributed by atoms with Gasteiger partial charge in [0.2, 0.25) is 0 Å². The maximum absolute atomic E-state index is 13.7. The van der Waals surface area contributed by atoms with E-state index in [4.69, 9.17) is 0 Å². The number of hydrogen-bond acceptors (Lipinski definition) is 1. The Bertz CT molecular complexity index is 514.